The molecule has 1 aromatic carbocycles. The maximum atomic E-state index is 12.1. The van der Waals surface area contributed by atoms with Crippen LogP contribution in [0.15, 0.2) is 24.3 Å². The van der Waals surface area contributed by atoms with Gasteiger partial charge in [-0.3, -0.25) is 4.79 Å². The van der Waals surface area contributed by atoms with Crippen LogP contribution in [0, 0.1) is 0 Å². The molecule has 1 aliphatic heterocycles. The number of nitrogens with zero attached hydrogens (tertiary/aromatic N) is 1. The summed E-state index contributed by atoms with van der Waals surface area (Å²) >= 11 is 0. The number of carbonyl (C=O) groups is 1. The van der Waals surface area contributed by atoms with E-state index in [1.54, 1.807) is 24.0 Å². The Balaban J connectivity index is 1.96. The predicted octanol–water partition coefficient (Wildman–Crippen LogP) is 0.895. The molecule has 2 N–H and O–H groups in total. The number of amides is 1. The molecule has 0 bridgehead atoms. The maximum absolute atomic E-state index is 12.1. The second-order valence-corrected chi connectivity index (χ2v) is 4.24. The molecule has 1 fully saturated rings. The van der Waals surface area contributed by atoms with Gasteiger partial charge in [0.15, 0.2) is 6.10 Å². The molecule has 1 heterocycles. The van der Waals surface area contributed by atoms with Gasteiger partial charge in [-0.05, 0) is 19.1 Å². The fourth-order valence-electron chi connectivity index (χ4n) is 1.87. The summed E-state index contributed by atoms with van der Waals surface area (Å²) in [5.74, 6) is 0.521. The number of nitrogen functional groups attached to an aromatic ring is 1. The van der Waals surface area contributed by atoms with Crippen LogP contribution in [0.4, 0.5) is 5.69 Å². The van der Waals surface area contributed by atoms with Crippen molar-refractivity contribution in [1.29, 1.82) is 0 Å². The molecule has 2 rings (SSSR count). The van der Waals surface area contributed by atoms with Crippen LogP contribution in [-0.2, 0) is 9.53 Å². The van der Waals surface area contributed by atoms with Crippen molar-refractivity contribution < 1.29 is 14.3 Å². The number of ether oxygens (including phenoxy) is 2. The van der Waals surface area contributed by atoms with E-state index in [1.165, 1.54) is 0 Å². The van der Waals surface area contributed by atoms with Crippen LogP contribution >= 0.6 is 0 Å². The third-order valence-corrected chi connectivity index (χ3v) is 2.89. The first kappa shape index (κ1) is 12.7. The third kappa shape index (κ3) is 2.92. The zero-order valence-corrected chi connectivity index (χ0v) is 10.5. The molecule has 1 atom stereocenters. The maximum Gasteiger partial charge on any atom is 0.263 e. The Morgan fingerprint density at radius 3 is 2.72 bits per heavy atom. The molecule has 1 aromatic rings. The van der Waals surface area contributed by atoms with Crippen molar-refractivity contribution >= 4 is 11.6 Å². The van der Waals surface area contributed by atoms with E-state index in [-0.39, 0.29) is 5.91 Å². The smallest absolute Gasteiger partial charge is 0.263 e. The van der Waals surface area contributed by atoms with Crippen molar-refractivity contribution in [1.82, 2.24) is 4.90 Å². The average Bonchev–Trinajstić information content (AvgIpc) is 2.41. The van der Waals surface area contributed by atoms with E-state index in [1.807, 2.05) is 12.1 Å². The number of morpholine rings is 1. The molecule has 5 heteroatoms. The molecule has 0 spiro atoms. The van der Waals surface area contributed by atoms with E-state index in [4.69, 9.17) is 15.2 Å². The highest BCUT2D eigenvalue weighted by atomic mass is 16.5. The summed E-state index contributed by atoms with van der Waals surface area (Å²) in [7, 11) is 0. The van der Waals surface area contributed by atoms with E-state index < -0.39 is 6.10 Å². The molecule has 0 aromatic heterocycles. The summed E-state index contributed by atoms with van der Waals surface area (Å²) in [5.41, 5.74) is 6.32. The second-order valence-electron chi connectivity index (χ2n) is 4.24. The SMILES string of the molecule is CC(Oc1ccccc1N)C(=O)N1CCOCC1. The summed E-state index contributed by atoms with van der Waals surface area (Å²) < 4.78 is 10.8. The highest BCUT2D eigenvalue weighted by Crippen LogP contribution is 2.21. The normalized spacial score (nSPS) is 17.3. The van der Waals surface area contributed by atoms with Crippen molar-refractivity contribution in [3.8, 4) is 5.75 Å². The van der Waals surface area contributed by atoms with Gasteiger partial charge in [0, 0.05) is 13.1 Å². The number of hydrogen-bond acceptors (Lipinski definition) is 4. The largest absolute Gasteiger partial charge is 0.479 e. The van der Waals surface area contributed by atoms with E-state index in [9.17, 15) is 4.79 Å². The van der Waals surface area contributed by atoms with Gasteiger partial charge in [0.25, 0.3) is 5.91 Å². The number of hydrogen-bond donors (Lipinski definition) is 1. The Labute approximate surface area is 106 Å². The summed E-state index contributed by atoms with van der Waals surface area (Å²) in [6.07, 6.45) is -0.534. The summed E-state index contributed by atoms with van der Waals surface area (Å²) in [6, 6.07) is 7.17. The van der Waals surface area contributed by atoms with Crippen LogP contribution in [0.5, 0.6) is 5.75 Å². The predicted molar refractivity (Wildman–Crippen MR) is 68.3 cm³/mol. The van der Waals surface area contributed by atoms with Gasteiger partial charge in [0.2, 0.25) is 0 Å². The molecular formula is C13H18N2O3. The van der Waals surface area contributed by atoms with Gasteiger partial charge in [-0.1, -0.05) is 12.1 Å². The average molecular weight is 250 g/mol. The fraction of sp³-hybridized carbons (Fsp3) is 0.462. The molecule has 98 valence electrons. The van der Waals surface area contributed by atoms with Gasteiger partial charge in [-0.25, -0.2) is 0 Å². The van der Waals surface area contributed by atoms with Crippen LogP contribution < -0.4 is 10.5 Å². The van der Waals surface area contributed by atoms with Gasteiger partial charge >= 0.3 is 0 Å². The first-order valence-corrected chi connectivity index (χ1v) is 6.06. The van der Waals surface area contributed by atoms with Gasteiger partial charge in [0.1, 0.15) is 5.75 Å². The molecule has 0 saturated carbocycles. The lowest BCUT2D eigenvalue weighted by Crippen LogP contribution is -2.46. The minimum atomic E-state index is -0.534. The Morgan fingerprint density at radius 1 is 1.39 bits per heavy atom. The quantitative estimate of drug-likeness (QED) is 0.809. The number of benzene rings is 1. The first-order chi connectivity index (χ1) is 8.68. The zero-order chi connectivity index (χ0) is 13.0. The number of anilines is 1. The van der Waals surface area contributed by atoms with E-state index in [2.05, 4.69) is 0 Å². The van der Waals surface area contributed by atoms with Gasteiger partial charge in [-0.2, -0.15) is 0 Å². The molecule has 5 nitrogen and oxygen atoms in total. The monoisotopic (exact) mass is 250 g/mol. The molecule has 18 heavy (non-hydrogen) atoms. The van der Waals surface area contributed by atoms with E-state index in [0.29, 0.717) is 37.7 Å². The summed E-state index contributed by atoms with van der Waals surface area (Å²) in [6.45, 7) is 4.16. The lowest BCUT2D eigenvalue weighted by atomic mass is 10.2. The number of para-hydroxylation sites is 2. The lowest BCUT2D eigenvalue weighted by Gasteiger charge is -2.29. The van der Waals surface area contributed by atoms with Crippen molar-refractivity contribution in [3.63, 3.8) is 0 Å². The molecule has 1 saturated heterocycles. The summed E-state index contributed by atoms with van der Waals surface area (Å²) in [5, 5.41) is 0. The zero-order valence-electron chi connectivity index (χ0n) is 10.5. The molecule has 1 aliphatic rings. The fourth-order valence-corrected chi connectivity index (χ4v) is 1.87. The van der Waals surface area contributed by atoms with Crippen molar-refractivity contribution in [2.75, 3.05) is 32.0 Å². The van der Waals surface area contributed by atoms with Crippen molar-refractivity contribution in [2.45, 2.75) is 13.0 Å². The van der Waals surface area contributed by atoms with Gasteiger partial charge < -0.3 is 20.1 Å². The van der Waals surface area contributed by atoms with Crippen molar-refractivity contribution in [3.05, 3.63) is 24.3 Å². The van der Waals surface area contributed by atoms with Gasteiger partial charge in [0.05, 0.1) is 18.9 Å². The molecular weight excluding hydrogens is 232 g/mol. The Morgan fingerprint density at radius 2 is 2.06 bits per heavy atom. The van der Waals surface area contributed by atoms with Crippen LogP contribution in [-0.4, -0.2) is 43.2 Å². The Bertz CT molecular complexity index is 416. The number of rotatable bonds is 3. The second kappa shape index (κ2) is 5.73. The number of nitrogens with two attached hydrogens (primary N) is 1. The molecule has 1 unspecified atom stereocenters. The minimum absolute atomic E-state index is 0.0263. The van der Waals surface area contributed by atoms with Crippen LogP contribution in [0.2, 0.25) is 0 Å². The van der Waals surface area contributed by atoms with Crippen LogP contribution in [0.1, 0.15) is 6.92 Å². The van der Waals surface area contributed by atoms with Crippen molar-refractivity contribution in [2.24, 2.45) is 0 Å². The molecule has 1 amide bonds. The van der Waals surface area contributed by atoms with E-state index in [0.717, 1.165) is 0 Å². The standard InChI is InChI=1S/C13H18N2O3/c1-10(13(16)15-6-8-17-9-7-15)18-12-5-3-2-4-11(12)14/h2-5,10H,6-9,14H2,1H3. The van der Waals surface area contributed by atoms with Gasteiger partial charge in [-0.15, -0.1) is 0 Å². The topological polar surface area (TPSA) is 64.8 Å². The Hall–Kier alpha value is -1.75. The minimum Gasteiger partial charge on any atom is -0.479 e. The third-order valence-electron chi connectivity index (χ3n) is 2.89. The lowest BCUT2D eigenvalue weighted by molar-refractivity contribution is -0.142. The highest BCUT2D eigenvalue weighted by Gasteiger charge is 2.24. The molecule has 0 radical (unpaired) electrons. The van der Waals surface area contributed by atoms with Crippen LogP contribution in [0.25, 0.3) is 0 Å². The van der Waals surface area contributed by atoms with E-state index >= 15 is 0 Å². The molecule has 0 aliphatic carbocycles. The number of carbonyl (C=O) groups excluding carboxylic acids is 1. The summed E-state index contributed by atoms with van der Waals surface area (Å²) in [4.78, 5) is 13.9. The van der Waals surface area contributed by atoms with Crippen LogP contribution in [0.3, 0.4) is 0 Å². The highest BCUT2D eigenvalue weighted by molar-refractivity contribution is 5.81. The Kier molecular flexibility index (Phi) is 4.04. The first-order valence-electron chi connectivity index (χ1n) is 6.06.